The summed E-state index contributed by atoms with van der Waals surface area (Å²) in [5, 5.41) is 3.75. The minimum Gasteiger partial charge on any atom is -0.350 e. The summed E-state index contributed by atoms with van der Waals surface area (Å²) < 4.78 is 14.2. The SMILES string of the molecule is C[C@@H](C(=O)NC(C)(C)C)N(Cc1ccc(Cl)c(Cl)c1)C(=O)Cc1c(F)cccc1Cl. The van der Waals surface area contributed by atoms with E-state index in [9.17, 15) is 14.0 Å². The summed E-state index contributed by atoms with van der Waals surface area (Å²) in [6, 6.07) is 8.40. The second-order valence-corrected chi connectivity index (χ2v) is 9.28. The smallest absolute Gasteiger partial charge is 0.242 e. The fourth-order valence-corrected chi connectivity index (χ4v) is 3.40. The lowest BCUT2D eigenvalue weighted by molar-refractivity contribution is -0.140. The van der Waals surface area contributed by atoms with Crippen LogP contribution in [-0.2, 0) is 22.6 Å². The number of rotatable bonds is 6. The number of nitrogens with zero attached hydrogens (tertiary/aromatic N) is 1. The van der Waals surface area contributed by atoms with Crippen LogP contribution in [0.15, 0.2) is 36.4 Å². The van der Waals surface area contributed by atoms with Gasteiger partial charge in [-0.2, -0.15) is 0 Å². The molecule has 4 nitrogen and oxygen atoms in total. The van der Waals surface area contributed by atoms with Gasteiger partial charge in [0.15, 0.2) is 0 Å². The minimum atomic E-state index is -0.809. The van der Waals surface area contributed by atoms with E-state index in [1.165, 1.54) is 23.1 Å². The molecule has 0 saturated heterocycles. The Kier molecular flexibility index (Phi) is 8.14. The van der Waals surface area contributed by atoms with Crippen LogP contribution in [0.1, 0.15) is 38.8 Å². The zero-order valence-corrected chi connectivity index (χ0v) is 19.5. The van der Waals surface area contributed by atoms with Gasteiger partial charge in [-0.25, -0.2) is 4.39 Å². The van der Waals surface area contributed by atoms with Crippen LogP contribution in [0.3, 0.4) is 0 Å². The van der Waals surface area contributed by atoms with Gasteiger partial charge in [-0.15, -0.1) is 0 Å². The van der Waals surface area contributed by atoms with Crippen molar-refractivity contribution >= 4 is 46.6 Å². The summed E-state index contributed by atoms with van der Waals surface area (Å²) in [5.74, 6) is -1.34. The lowest BCUT2D eigenvalue weighted by atomic mass is 10.1. The largest absolute Gasteiger partial charge is 0.350 e. The van der Waals surface area contributed by atoms with Gasteiger partial charge in [0.05, 0.1) is 16.5 Å². The van der Waals surface area contributed by atoms with Gasteiger partial charge in [0.2, 0.25) is 11.8 Å². The molecule has 2 rings (SSSR count). The highest BCUT2D eigenvalue weighted by atomic mass is 35.5. The summed E-state index contributed by atoms with van der Waals surface area (Å²) in [7, 11) is 0. The van der Waals surface area contributed by atoms with E-state index in [-0.39, 0.29) is 29.5 Å². The number of nitrogens with one attached hydrogen (secondary N) is 1. The first-order chi connectivity index (χ1) is 13.9. The Morgan fingerprint density at radius 2 is 1.73 bits per heavy atom. The van der Waals surface area contributed by atoms with Gasteiger partial charge in [0, 0.05) is 22.7 Å². The van der Waals surface area contributed by atoms with Crippen LogP contribution in [0, 0.1) is 5.82 Å². The average Bonchev–Trinajstić information content (AvgIpc) is 2.63. The second kappa shape index (κ2) is 9.99. The Bertz CT molecular complexity index is 924. The number of hydrogen-bond acceptors (Lipinski definition) is 2. The van der Waals surface area contributed by atoms with E-state index in [0.29, 0.717) is 15.6 Å². The number of carbonyl (C=O) groups is 2. The molecule has 0 spiro atoms. The molecule has 0 saturated carbocycles. The van der Waals surface area contributed by atoms with Gasteiger partial charge >= 0.3 is 0 Å². The molecule has 2 aromatic rings. The average molecular weight is 474 g/mol. The zero-order valence-electron chi connectivity index (χ0n) is 17.2. The van der Waals surface area contributed by atoms with Crippen molar-refractivity contribution in [2.75, 3.05) is 0 Å². The van der Waals surface area contributed by atoms with Gasteiger partial charge in [-0.1, -0.05) is 46.9 Å². The van der Waals surface area contributed by atoms with Crippen molar-refractivity contribution in [3.8, 4) is 0 Å². The maximum absolute atomic E-state index is 14.2. The first-order valence-corrected chi connectivity index (χ1v) is 10.5. The minimum absolute atomic E-state index is 0.0896. The molecule has 0 aliphatic carbocycles. The number of amides is 2. The molecule has 0 fully saturated rings. The van der Waals surface area contributed by atoms with E-state index in [1.54, 1.807) is 25.1 Å². The zero-order chi connectivity index (χ0) is 22.6. The fraction of sp³-hybridized carbons (Fsp3) is 0.364. The van der Waals surface area contributed by atoms with Crippen molar-refractivity contribution in [3.63, 3.8) is 0 Å². The predicted octanol–water partition coefficient (Wildman–Crippen LogP) is 5.66. The lowest BCUT2D eigenvalue weighted by Gasteiger charge is -2.31. The van der Waals surface area contributed by atoms with Crippen molar-refractivity contribution in [2.45, 2.75) is 52.2 Å². The van der Waals surface area contributed by atoms with E-state index in [0.717, 1.165) is 0 Å². The summed E-state index contributed by atoms with van der Waals surface area (Å²) in [5.41, 5.74) is 0.304. The fourth-order valence-electron chi connectivity index (χ4n) is 2.85. The highest BCUT2D eigenvalue weighted by Crippen LogP contribution is 2.25. The molecule has 0 aliphatic heterocycles. The number of benzene rings is 2. The number of halogens is 4. The van der Waals surface area contributed by atoms with Crippen molar-refractivity contribution in [1.29, 1.82) is 0 Å². The molecule has 30 heavy (non-hydrogen) atoms. The molecule has 162 valence electrons. The van der Waals surface area contributed by atoms with E-state index >= 15 is 0 Å². The van der Waals surface area contributed by atoms with Crippen LogP contribution in [0.5, 0.6) is 0 Å². The maximum Gasteiger partial charge on any atom is 0.242 e. The molecule has 1 N–H and O–H groups in total. The predicted molar refractivity (Wildman–Crippen MR) is 119 cm³/mol. The molecular formula is C22H24Cl3FN2O2. The molecule has 0 heterocycles. The van der Waals surface area contributed by atoms with Crippen LogP contribution in [0.25, 0.3) is 0 Å². The van der Waals surface area contributed by atoms with Crippen molar-refractivity contribution in [2.24, 2.45) is 0 Å². The Labute approximate surface area is 191 Å². The van der Waals surface area contributed by atoms with Crippen LogP contribution in [0.4, 0.5) is 4.39 Å². The molecule has 0 aromatic heterocycles. The first-order valence-electron chi connectivity index (χ1n) is 9.37. The molecular weight excluding hydrogens is 450 g/mol. The molecule has 8 heteroatoms. The molecule has 2 amide bonds. The van der Waals surface area contributed by atoms with Gasteiger partial charge in [-0.05, 0) is 57.5 Å². The van der Waals surface area contributed by atoms with Crippen LogP contribution in [0.2, 0.25) is 15.1 Å². The molecule has 2 aromatic carbocycles. The Balaban J connectivity index is 2.34. The summed E-state index contributed by atoms with van der Waals surface area (Å²) in [4.78, 5) is 27.3. The van der Waals surface area contributed by atoms with Crippen LogP contribution in [-0.4, -0.2) is 28.3 Å². The van der Waals surface area contributed by atoms with Gasteiger partial charge in [0.1, 0.15) is 11.9 Å². The van der Waals surface area contributed by atoms with E-state index in [4.69, 9.17) is 34.8 Å². The maximum atomic E-state index is 14.2. The van der Waals surface area contributed by atoms with Crippen LogP contribution < -0.4 is 5.32 Å². The van der Waals surface area contributed by atoms with Gasteiger partial charge < -0.3 is 10.2 Å². The van der Waals surface area contributed by atoms with E-state index in [2.05, 4.69) is 5.32 Å². The van der Waals surface area contributed by atoms with Gasteiger partial charge in [-0.3, -0.25) is 9.59 Å². The lowest BCUT2D eigenvalue weighted by Crippen LogP contribution is -2.52. The Morgan fingerprint density at radius 1 is 1.07 bits per heavy atom. The molecule has 0 unspecified atom stereocenters. The van der Waals surface area contributed by atoms with E-state index in [1.807, 2.05) is 20.8 Å². The Morgan fingerprint density at radius 3 is 2.30 bits per heavy atom. The van der Waals surface area contributed by atoms with Crippen molar-refractivity contribution < 1.29 is 14.0 Å². The third kappa shape index (κ3) is 6.59. The normalized spacial score (nSPS) is 12.4. The summed E-state index contributed by atoms with van der Waals surface area (Å²) >= 11 is 18.2. The standard InChI is InChI=1S/C22H24Cl3FN2O2/c1-13(21(30)27-22(2,3)4)28(12-14-8-9-17(24)18(25)10-14)20(29)11-15-16(23)6-5-7-19(15)26/h5-10,13H,11-12H2,1-4H3,(H,27,30)/t13-/m0/s1. The van der Waals surface area contributed by atoms with Crippen LogP contribution >= 0.6 is 34.8 Å². The number of carbonyl (C=O) groups excluding carboxylic acids is 2. The first kappa shape index (κ1) is 24.4. The summed E-state index contributed by atoms with van der Waals surface area (Å²) in [6.07, 6.45) is -0.278. The monoisotopic (exact) mass is 472 g/mol. The summed E-state index contributed by atoms with van der Waals surface area (Å²) in [6.45, 7) is 7.27. The molecule has 1 atom stereocenters. The van der Waals surface area contributed by atoms with Crippen molar-refractivity contribution in [3.05, 3.63) is 68.4 Å². The molecule has 0 radical (unpaired) electrons. The van der Waals surface area contributed by atoms with Crippen molar-refractivity contribution in [1.82, 2.24) is 10.2 Å². The quantitative estimate of drug-likeness (QED) is 0.588. The number of hydrogen-bond donors (Lipinski definition) is 1. The Hall–Kier alpha value is -1.82. The third-order valence-corrected chi connectivity index (χ3v) is 5.49. The third-order valence-electron chi connectivity index (χ3n) is 4.39. The van der Waals surface area contributed by atoms with E-state index < -0.39 is 23.3 Å². The second-order valence-electron chi connectivity index (χ2n) is 8.06. The molecule has 0 bridgehead atoms. The van der Waals surface area contributed by atoms with Gasteiger partial charge in [0.25, 0.3) is 0 Å². The highest BCUT2D eigenvalue weighted by molar-refractivity contribution is 6.42. The molecule has 0 aliphatic rings. The topological polar surface area (TPSA) is 49.4 Å². The highest BCUT2D eigenvalue weighted by Gasteiger charge is 2.29.